The van der Waals surface area contributed by atoms with Crippen molar-refractivity contribution in [3.63, 3.8) is 0 Å². The Morgan fingerprint density at radius 2 is 1.88 bits per heavy atom. The molecule has 0 radical (unpaired) electrons. The van der Waals surface area contributed by atoms with Crippen molar-refractivity contribution in [1.29, 1.82) is 0 Å². The zero-order chi connectivity index (χ0) is 19.1. The summed E-state index contributed by atoms with van der Waals surface area (Å²) in [6, 6.07) is -2.20. The molecule has 3 atom stereocenters. The standard InChI is InChI=1S/C16H28N4O5/c1-9(2)7-11(17)16(25)20-6-4-5-12(20)15(24)19-10(3)14(23)18-8-13(21)22/h9-12H,4-8,17H2,1-3H3,(H,18,23)(H,19,24)(H,21,22). The number of carboxylic acids is 1. The number of nitrogens with zero attached hydrogens (tertiary/aromatic N) is 1. The van der Waals surface area contributed by atoms with E-state index in [0.29, 0.717) is 25.8 Å². The third-order valence-corrected chi connectivity index (χ3v) is 4.05. The van der Waals surface area contributed by atoms with Gasteiger partial charge in [0, 0.05) is 6.54 Å². The highest BCUT2D eigenvalue weighted by Crippen LogP contribution is 2.19. The molecule has 1 aliphatic rings. The molecule has 0 saturated carbocycles. The first-order chi connectivity index (χ1) is 11.6. The summed E-state index contributed by atoms with van der Waals surface area (Å²) in [7, 11) is 0. The molecular formula is C16H28N4O5. The van der Waals surface area contributed by atoms with Crippen LogP contribution in [0.4, 0.5) is 0 Å². The van der Waals surface area contributed by atoms with E-state index in [2.05, 4.69) is 10.6 Å². The second-order valence-corrected chi connectivity index (χ2v) is 6.77. The van der Waals surface area contributed by atoms with E-state index in [1.807, 2.05) is 13.8 Å². The fourth-order valence-corrected chi connectivity index (χ4v) is 2.82. The van der Waals surface area contributed by atoms with E-state index in [9.17, 15) is 19.2 Å². The highest BCUT2D eigenvalue weighted by Gasteiger charge is 2.37. The summed E-state index contributed by atoms with van der Waals surface area (Å²) >= 11 is 0. The van der Waals surface area contributed by atoms with E-state index in [4.69, 9.17) is 10.8 Å². The molecular weight excluding hydrogens is 328 g/mol. The van der Waals surface area contributed by atoms with E-state index in [-0.39, 0.29) is 11.8 Å². The summed E-state index contributed by atoms with van der Waals surface area (Å²) in [5.41, 5.74) is 5.94. The van der Waals surface area contributed by atoms with Gasteiger partial charge < -0.3 is 26.4 Å². The van der Waals surface area contributed by atoms with Gasteiger partial charge in [-0.25, -0.2) is 0 Å². The number of nitrogens with one attached hydrogen (secondary N) is 2. The molecule has 1 fully saturated rings. The van der Waals surface area contributed by atoms with E-state index in [0.717, 1.165) is 0 Å². The maximum absolute atomic E-state index is 12.5. The summed E-state index contributed by atoms with van der Waals surface area (Å²) in [5.74, 6) is -2.18. The Balaban J connectivity index is 2.62. The Kier molecular flexibility index (Phi) is 7.82. The first-order valence-electron chi connectivity index (χ1n) is 8.49. The van der Waals surface area contributed by atoms with E-state index in [1.165, 1.54) is 11.8 Å². The van der Waals surface area contributed by atoms with E-state index in [1.54, 1.807) is 0 Å². The minimum Gasteiger partial charge on any atom is -0.480 e. The summed E-state index contributed by atoms with van der Waals surface area (Å²) in [4.78, 5) is 48.6. The SMILES string of the molecule is CC(C)CC(N)C(=O)N1CCCC1C(=O)NC(C)C(=O)NCC(=O)O. The topological polar surface area (TPSA) is 142 Å². The zero-order valence-corrected chi connectivity index (χ0v) is 14.9. The number of likely N-dealkylation sites (tertiary alicyclic amines) is 1. The fourth-order valence-electron chi connectivity index (χ4n) is 2.82. The van der Waals surface area contributed by atoms with Gasteiger partial charge in [-0.1, -0.05) is 13.8 Å². The van der Waals surface area contributed by atoms with Crippen LogP contribution in [0, 0.1) is 5.92 Å². The Labute approximate surface area is 147 Å². The van der Waals surface area contributed by atoms with Crippen molar-refractivity contribution in [2.75, 3.05) is 13.1 Å². The number of carbonyl (C=O) groups excluding carboxylic acids is 3. The quantitative estimate of drug-likeness (QED) is 0.442. The largest absolute Gasteiger partial charge is 0.480 e. The number of rotatable bonds is 8. The van der Waals surface area contributed by atoms with Crippen LogP contribution >= 0.6 is 0 Å². The molecule has 0 aliphatic carbocycles. The van der Waals surface area contributed by atoms with Crippen molar-refractivity contribution >= 4 is 23.7 Å². The van der Waals surface area contributed by atoms with Gasteiger partial charge in [0.1, 0.15) is 18.6 Å². The van der Waals surface area contributed by atoms with Gasteiger partial charge >= 0.3 is 5.97 Å². The third-order valence-electron chi connectivity index (χ3n) is 4.05. The Hall–Kier alpha value is -2.16. The van der Waals surface area contributed by atoms with Gasteiger partial charge in [0.15, 0.2) is 0 Å². The smallest absolute Gasteiger partial charge is 0.322 e. The van der Waals surface area contributed by atoms with Crippen LogP contribution in [0.25, 0.3) is 0 Å². The van der Waals surface area contributed by atoms with Crippen molar-refractivity contribution in [1.82, 2.24) is 15.5 Å². The van der Waals surface area contributed by atoms with Crippen LogP contribution < -0.4 is 16.4 Å². The maximum atomic E-state index is 12.5. The Morgan fingerprint density at radius 3 is 2.44 bits per heavy atom. The first-order valence-corrected chi connectivity index (χ1v) is 8.49. The fraction of sp³-hybridized carbons (Fsp3) is 0.750. The molecule has 0 aromatic carbocycles. The summed E-state index contributed by atoms with van der Waals surface area (Å²) in [5, 5.41) is 13.3. The van der Waals surface area contributed by atoms with Gasteiger partial charge in [0.25, 0.3) is 0 Å². The number of carbonyl (C=O) groups is 4. The molecule has 0 aromatic heterocycles. The highest BCUT2D eigenvalue weighted by molar-refractivity contribution is 5.93. The molecule has 25 heavy (non-hydrogen) atoms. The van der Waals surface area contributed by atoms with Gasteiger partial charge in [0.05, 0.1) is 6.04 Å². The van der Waals surface area contributed by atoms with Crippen molar-refractivity contribution in [2.45, 2.75) is 58.2 Å². The first kappa shape index (κ1) is 20.9. The number of nitrogens with two attached hydrogens (primary N) is 1. The Bertz CT molecular complexity index is 523. The molecule has 3 amide bonds. The van der Waals surface area contributed by atoms with Crippen LogP contribution in [0.5, 0.6) is 0 Å². The molecule has 9 nitrogen and oxygen atoms in total. The number of aliphatic carboxylic acids is 1. The molecule has 1 aliphatic heterocycles. The van der Waals surface area contributed by atoms with Crippen molar-refractivity contribution in [3.8, 4) is 0 Å². The molecule has 1 saturated heterocycles. The van der Waals surface area contributed by atoms with Crippen LogP contribution in [0.2, 0.25) is 0 Å². The highest BCUT2D eigenvalue weighted by atomic mass is 16.4. The number of amides is 3. The molecule has 0 spiro atoms. The lowest BCUT2D eigenvalue weighted by Gasteiger charge is -2.28. The second kappa shape index (κ2) is 9.36. The van der Waals surface area contributed by atoms with Gasteiger partial charge in [0.2, 0.25) is 17.7 Å². The lowest BCUT2D eigenvalue weighted by molar-refractivity contribution is -0.141. The van der Waals surface area contributed by atoms with Gasteiger partial charge in [-0.15, -0.1) is 0 Å². The van der Waals surface area contributed by atoms with Gasteiger partial charge in [-0.05, 0) is 32.1 Å². The molecule has 5 N–H and O–H groups in total. The van der Waals surface area contributed by atoms with Crippen LogP contribution in [0.3, 0.4) is 0 Å². The summed E-state index contributed by atoms with van der Waals surface area (Å²) in [6.07, 6.45) is 1.74. The van der Waals surface area contributed by atoms with Gasteiger partial charge in [-0.2, -0.15) is 0 Å². The Morgan fingerprint density at radius 1 is 1.24 bits per heavy atom. The van der Waals surface area contributed by atoms with E-state index < -0.39 is 42.5 Å². The molecule has 1 heterocycles. The molecule has 142 valence electrons. The molecule has 1 rings (SSSR count). The zero-order valence-electron chi connectivity index (χ0n) is 14.9. The second-order valence-electron chi connectivity index (χ2n) is 6.77. The molecule has 0 aromatic rings. The lowest BCUT2D eigenvalue weighted by atomic mass is 10.0. The third kappa shape index (κ3) is 6.33. The number of carboxylic acid groups (broad SMARTS) is 1. The van der Waals surface area contributed by atoms with E-state index >= 15 is 0 Å². The van der Waals surface area contributed by atoms with Crippen LogP contribution in [-0.4, -0.2) is 64.9 Å². The molecule has 3 unspecified atom stereocenters. The number of hydrogen-bond donors (Lipinski definition) is 4. The monoisotopic (exact) mass is 356 g/mol. The minimum atomic E-state index is -1.17. The summed E-state index contributed by atoms with van der Waals surface area (Å²) in [6.45, 7) is 5.34. The van der Waals surface area contributed by atoms with Crippen molar-refractivity contribution < 1.29 is 24.3 Å². The van der Waals surface area contributed by atoms with Crippen molar-refractivity contribution in [2.24, 2.45) is 11.7 Å². The summed E-state index contributed by atoms with van der Waals surface area (Å²) < 4.78 is 0. The normalized spacial score (nSPS) is 19.4. The van der Waals surface area contributed by atoms with Gasteiger partial charge in [-0.3, -0.25) is 19.2 Å². The van der Waals surface area contributed by atoms with Crippen LogP contribution in [-0.2, 0) is 19.2 Å². The lowest BCUT2D eigenvalue weighted by Crippen LogP contribution is -2.54. The molecule has 0 bridgehead atoms. The number of hydrogen-bond acceptors (Lipinski definition) is 5. The van der Waals surface area contributed by atoms with Crippen LogP contribution in [0.15, 0.2) is 0 Å². The minimum absolute atomic E-state index is 0.255. The maximum Gasteiger partial charge on any atom is 0.322 e. The van der Waals surface area contributed by atoms with Crippen molar-refractivity contribution in [3.05, 3.63) is 0 Å². The average Bonchev–Trinajstić information content (AvgIpc) is 3.00. The average molecular weight is 356 g/mol. The molecule has 9 heteroatoms. The predicted molar refractivity (Wildman–Crippen MR) is 90.4 cm³/mol. The van der Waals surface area contributed by atoms with Crippen LogP contribution in [0.1, 0.15) is 40.0 Å². The predicted octanol–water partition coefficient (Wildman–Crippen LogP) is -0.944.